The highest BCUT2D eigenvalue weighted by Gasteiger charge is 2.21. The van der Waals surface area contributed by atoms with Gasteiger partial charge in [0, 0.05) is 28.8 Å². The lowest BCUT2D eigenvalue weighted by atomic mass is 10.2. The van der Waals surface area contributed by atoms with Crippen molar-refractivity contribution in [2.24, 2.45) is 0 Å². The van der Waals surface area contributed by atoms with Gasteiger partial charge in [-0.25, -0.2) is 5.48 Å². The van der Waals surface area contributed by atoms with Gasteiger partial charge in [0.05, 0.1) is 0 Å². The predicted octanol–water partition coefficient (Wildman–Crippen LogP) is 2.88. The van der Waals surface area contributed by atoms with E-state index < -0.39 is 11.9 Å². The van der Waals surface area contributed by atoms with E-state index in [1.807, 2.05) is 30.3 Å². The molecule has 0 saturated heterocycles. The lowest BCUT2D eigenvalue weighted by Crippen LogP contribution is -2.48. The first-order chi connectivity index (χ1) is 14.5. The zero-order chi connectivity index (χ0) is 21.8. The van der Waals surface area contributed by atoms with E-state index in [-0.39, 0.29) is 18.2 Å². The second kappa shape index (κ2) is 13.0. The quantitative estimate of drug-likeness (QED) is 0.218. The number of hydrogen-bond donors (Lipinski definition) is 4. The van der Waals surface area contributed by atoms with Crippen LogP contribution in [-0.2, 0) is 16.1 Å². The zero-order valence-electron chi connectivity index (χ0n) is 16.3. The molecule has 0 unspecified atom stereocenters. The highest BCUT2D eigenvalue weighted by Crippen LogP contribution is 2.12. The van der Waals surface area contributed by atoms with Gasteiger partial charge in [0.2, 0.25) is 11.8 Å². The summed E-state index contributed by atoms with van der Waals surface area (Å²) in [5.41, 5.74) is 3.02. The lowest BCUT2D eigenvalue weighted by molar-refractivity contribution is -0.129. The van der Waals surface area contributed by atoms with Crippen LogP contribution in [0.4, 0.5) is 0 Å². The van der Waals surface area contributed by atoms with Crippen LogP contribution in [-0.4, -0.2) is 40.5 Å². The Labute approximate surface area is 188 Å². The maximum Gasteiger partial charge on any atom is 0.251 e. The molecule has 0 heterocycles. The second-order valence-electron chi connectivity index (χ2n) is 6.45. The van der Waals surface area contributed by atoms with Crippen LogP contribution >= 0.6 is 27.7 Å². The molecule has 4 N–H and O–H groups in total. The standard InChI is InChI=1S/C21H24BrN3O4S/c22-17-10-8-16(9-11-17)20(27)24-18(14-30-12-4-7-19(26)25-29)21(28)23-13-15-5-2-1-3-6-15/h1-3,5-6,8-11,18,29H,4,7,12-14H2,(H,23,28)(H,24,27)(H,25,26)/t18-/m0/s1. The van der Waals surface area contributed by atoms with Gasteiger partial charge in [0.1, 0.15) is 6.04 Å². The normalized spacial score (nSPS) is 11.4. The van der Waals surface area contributed by atoms with Gasteiger partial charge in [-0.2, -0.15) is 11.8 Å². The minimum Gasteiger partial charge on any atom is -0.350 e. The topological polar surface area (TPSA) is 108 Å². The minimum absolute atomic E-state index is 0.194. The van der Waals surface area contributed by atoms with Crippen molar-refractivity contribution in [3.05, 3.63) is 70.2 Å². The molecule has 0 aliphatic carbocycles. The SMILES string of the molecule is O=C(CCCSC[C@H](NC(=O)c1ccc(Br)cc1)C(=O)NCc1ccccc1)NO. The summed E-state index contributed by atoms with van der Waals surface area (Å²) in [5, 5.41) is 14.2. The minimum atomic E-state index is -0.721. The van der Waals surface area contributed by atoms with Crippen LogP contribution in [0, 0.1) is 0 Å². The molecule has 0 bridgehead atoms. The predicted molar refractivity (Wildman–Crippen MR) is 120 cm³/mol. The van der Waals surface area contributed by atoms with Crippen molar-refractivity contribution in [1.82, 2.24) is 16.1 Å². The molecular formula is C21H24BrN3O4S. The number of nitrogens with one attached hydrogen (secondary N) is 3. The van der Waals surface area contributed by atoms with Crippen LogP contribution in [0.3, 0.4) is 0 Å². The average Bonchev–Trinajstić information content (AvgIpc) is 2.77. The number of hydroxylamine groups is 1. The maximum atomic E-state index is 12.7. The number of carbonyl (C=O) groups is 3. The third-order valence-electron chi connectivity index (χ3n) is 4.14. The molecule has 7 nitrogen and oxygen atoms in total. The van der Waals surface area contributed by atoms with Gasteiger partial charge in [-0.05, 0) is 42.0 Å². The maximum absolute atomic E-state index is 12.7. The average molecular weight is 494 g/mol. The van der Waals surface area contributed by atoms with Crippen LogP contribution in [0.1, 0.15) is 28.8 Å². The Morgan fingerprint density at radius 2 is 1.73 bits per heavy atom. The van der Waals surface area contributed by atoms with Crippen molar-refractivity contribution >= 4 is 45.4 Å². The monoisotopic (exact) mass is 493 g/mol. The highest BCUT2D eigenvalue weighted by atomic mass is 79.9. The smallest absolute Gasteiger partial charge is 0.251 e. The summed E-state index contributed by atoms with van der Waals surface area (Å²) in [6, 6.07) is 15.7. The molecule has 30 heavy (non-hydrogen) atoms. The third-order valence-corrected chi connectivity index (χ3v) is 5.81. The fraction of sp³-hybridized carbons (Fsp3) is 0.286. The van der Waals surface area contributed by atoms with E-state index in [1.165, 1.54) is 11.8 Å². The van der Waals surface area contributed by atoms with Gasteiger partial charge in [0.25, 0.3) is 5.91 Å². The van der Waals surface area contributed by atoms with Crippen LogP contribution in [0.15, 0.2) is 59.1 Å². The highest BCUT2D eigenvalue weighted by molar-refractivity contribution is 9.10. The fourth-order valence-corrected chi connectivity index (χ4v) is 3.78. The largest absolute Gasteiger partial charge is 0.350 e. The van der Waals surface area contributed by atoms with Crippen molar-refractivity contribution in [3.8, 4) is 0 Å². The second-order valence-corrected chi connectivity index (χ2v) is 8.52. The lowest BCUT2D eigenvalue weighted by Gasteiger charge is -2.18. The summed E-state index contributed by atoms with van der Waals surface area (Å²) in [6.07, 6.45) is 0.746. The Hall–Kier alpha value is -2.36. The summed E-state index contributed by atoms with van der Waals surface area (Å²) < 4.78 is 0.860. The van der Waals surface area contributed by atoms with Gasteiger partial charge < -0.3 is 10.6 Å². The Kier molecular flexibility index (Phi) is 10.4. The first-order valence-corrected chi connectivity index (χ1v) is 11.3. The molecule has 1 atom stereocenters. The molecule has 0 aliphatic heterocycles. The van der Waals surface area contributed by atoms with Crippen LogP contribution in [0.5, 0.6) is 0 Å². The van der Waals surface area contributed by atoms with Gasteiger partial charge >= 0.3 is 0 Å². The van der Waals surface area contributed by atoms with Crippen LogP contribution in [0.25, 0.3) is 0 Å². The summed E-state index contributed by atoms with van der Waals surface area (Å²) in [6.45, 7) is 0.367. The number of hydrogen-bond acceptors (Lipinski definition) is 5. The first kappa shape index (κ1) is 23.9. The van der Waals surface area contributed by atoms with E-state index in [0.717, 1.165) is 10.0 Å². The summed E-state index contributed by atoms with van der Waals surface area (Å²) in [7, 11) is 0. The third kappa shape index (κ3) is 8.56. The van der Waals surface area contributed by atoms with E-state index in [0.29, 0.717) is 30.0 Å². The number of halogens is 1. The van der Waals surface area contributed by atoms with E-state index in [4.69, 9.17) is 5.21 Å². The van der Waals surface area contributed by atoms with E-state index in [2.05, 4.69) is 26.6 Å². The molecule has 0 aromatic heterocycles. The van der Waals surface area contributed by atoms with Gasteiger partial charge in [-0.15, -0.1) is 0 Å². The Morgan fingerprint density at radius 3 is 2.40 bits per heavy atom. The Balaban J connectivity index is 1.93. The number of benzene rings is 2. The number of rotatable bonds is 11. The summed E-state index contributed by atoms with van der Waals surface area (Å²) in [4.78, 5) is 36.3. The molecule has 9 heteroatoms. The molecule has 2 aromatic carbocycles. The van der Waals surface area contributed by atoms with Crippen molar-refractivity contribution in [2.75, 3.05) is 11.5 Å². The van der Waals surface area contributed by atoms with Crippen LogP contribution < -0.4 is 16.1 Å². The number of amides is 3. The van der Waals surface area contributed by atoms with E-state index >= 15 is 0 Å². The Morgan fingerprint density at radius 1 is 1.03 bits per heavy atom. The van der Waals surface area contributed by atoms with E-state index in [1.54, 1.807) is 29.7 Å². The molecule has 0 saturated carbocycles. The van der Waals surface area contributed by atoms with Crippen LogP contribution in [0.2, 0.25) is 0 Å². The van der Waals surface area contributed by atoms with Crippen molar-refractivity contribution < 1.29 is 19.6 Å². The fourth-order valence-electron chi connectivity index (χ4n) is 2.53. The molecule has 3 amide bonds. The van der Waals surface area contributed by atoms with Gasteiger partial charge in [-0.1, -0.05) is 46.3 Å². The van der Waals surface area contributed by atoms with Gasteiger partial charge in [0.15, 0.2) is 0 Å². The Bertz CT molecular complexity index is 834. The molecular weight excluding hydrogens is 470 g/mol. The molecule has 2 rings (SSSR count). The van der Waals surface area contributed by atoms with Crippen molar-refractivity contribution in [1.29, 1.82) is 0 Å². The number of thioether (sulfide) groups is 1. The molecule has 160 valence electrons. The molecule has 0 fully saturated rings. The number of carbonyl (C=O) groups excluding carboxylic acids is 3. The summed E-state index contributed by atoms with van der Waals surface area (Å²) in [5.74, 6) is -0.0722. The van der Waals surface area contributed by atoms with Gasteiger partial charge in [-0.3, -0.25) is 19.6 Å². The molecule has 0 radical (unpaired) electrons. The first-order valence-electron chi connectivity index (χ1n) is 9.38. The van der Waals surface area contributed by atoms with E-state index in [9.17, 15) is 14.4 Å². The molecule has 2 aromatic rings. The molecule has 0 aliphatic rings. The molecule has 0 spiro atoms. The summed E-state index contributed by atoms with van der Waals surface area (Å²) >= 11 is 4.79. The zero-order valence-corrected chi connectivity index (χ0v) is 18.7. The van der Waals surface area contributed by atoms with Crippen molar-refractivity contribution in [2.45, 2.75) is 25.4 Å². The van der Waals surface area contributed by atoms with Crippen molar-refractivity contribution in [3.63, 3.8) is 0 Å².